The first-order valence-corrected chi connectivity index (χ1v) is 3.99. The van der Waals surface area contributed by atoms with E-state index in [0.717, 1.165) is 0 Å². The first-order chi connectivity index (χ1) is 6.77. The van der Waals surface area contributed by atoms with Gasteiger partial charge in [0, 0.05) is 30.7 Å². The van der Waals surface area contributed by atoms with Crippen molar-refractivity contribution in [2.24, 2.45) is 0 Å². The maximum Gasteiger partial charge on any atom is 0.274 e. The number of aromatic amines is 1. The van der Waals surface area contributed by atoms with Crippen molar-refractivity contribution < 1.29 is 0 Å². The van der Waals surface area contributed by atoms with Crippen LogP contribution in [0.25, 0.3) is 5.82 Å². The van der Waals surface area contributed by atoms with E-state index in [9.17, 15) is 9.59 Å². The van der Waals surface area contributed by atoms with Gasteiger partial charge in [0.25, 0.3) is 5.56 Å². The topological polar surface area (TPSA) is 67.8 Å². The Labute approximate surface area is 78.7 Å². The molecule has 0 fully saturated rings. The molecular formula is C9H7N3O2. The second kappa shape index (κ2) is 3.29. The van der Waals surface area contributed by atoms with Gasteiger partial charge in [0.15, 0.2) is 5.43 Å². The van der Waals surface area contributed by atoms with Gasteiger partial charge in [0.2, 0.25) is 0 Å². The number of H-pyrrole nitrogens is 1. The third kappa shape index (κ3) is 1.47. The van der Waals surface area contributed by atoms with Gasteiger partial charge in [-0.25, -0.2) is 0 Å². The summed E-state index contributed by atoms with van der Waals surface area (Å²) in [5.74, 6) is 0.435. The molecule has 0 aliphatic rings. The van der Waals surface area contributed by atoms with E-state index >= 15 is 0 Å². The summed E-state index contributed by atoms with van der Waals surface area (Å²) in [6.45, 7) is 0. The maximum absolute atomic E-state index is 11.3. The van der Waals surface area contributed by atoms with Gasteiger partial charge in [-0.15, -0.1) is 0 Å². The van der Waals surface area contributed by atoms with Gasteiger partial charge in [-0.2, -0.15) is 0 Å². The molecule has 14 heavy (non-hydrogen) atoms. The predicted octanol–water partition coefficient (Wildman–Crippen LogP) is -0.0792. The van der Waals surface area contributed by atoms with Crippen LogP contribution < -0.4 is 11.0 Å². The normalized spacial score (nSPS) is 10.0. The molecule has 2 heterocycles. The van der Waals surface area contributed by atoms with Crippen LogP contribution >= 0.6 is 0 Å². The highest BCUT2D eigenvalue weighted by molar-refractivity contribution is 5.21. The van der Waals surface area contributed by atoms with Crippen LogP contribution in [0.3, 0.4) is 0 Å². The summed E-state index contributed by atoms with van der Waals surface area (Å²) in [6.07, 6.45) is 5.65. The van der Waals surface area contributed by atoms with Gasteiger partial charge in [0.05, 0.1) is 6.20 Å². The molecule has 0 aliphatic heterocycles. The lowest BCUT2D eigenvalue weighted by molar-refractivity contribution is 0.914. The van der Waals surface area contributed by atoms with E-state index in [0.29, 0.717) is 5.82 Å². The van der Waals surface area contributed by atoms with Crippen molar-refractivity contribution >= 4 is 0 Å². The smallest absolute Gasteiger partial charge is 0.274 e. The summed E-state index contributed by atoms with van der Waals surface area (Å²) >= 11 is 0. The second-order valence-electron chi connectivity index (χ2n) is 2.69. The van der Waals surface area contributed by atoms with Crippen LogP contribution in [-0.2, 0) is 0 Å². The third-order valence-electron chi connectivity index (χ3n) is 1.74. The average molecular weight is 189 g/mol. The van der Waals surface area contributed by atoms with Crippen LogP contribution in [0.1, 0.15) is 0 Å². The average Bonchev–Trinajstić information content (AvgIpc) is 2.18. The maximum atomic E-state index is 11.3. The Balaban J connectivity index is 2.67. The minimum atomic E-state index is -0.283. The van der Waals surface area contributed by atoms with E-state index in [1.54, 1.807) is 0 Å². The Morgan fingerprint density at radius 1 is 1.36 bits per heavy atom. The number of nitrogens with one attached hydrogen (secondary N) is 1. The van der Waals surface area contributed by atoms with Gasteiger partial charge in [-0.1, -0.05) is 0 Å². The lowest BCUT2D eigenvalue weighted by Gasteiger charge is -2.02. The Hall–Kier alpha value is -2.17. The van der Waals surface area contributed by atoms with E-state index in [2.05, 4.69) is 9.97 Å². The first-order valence-electron chi connectivity index (χ1n) is 3.99. The van der Waals surface area contributed by atoms with Gasteiger partial charge in [-0.05, 0) is 0 Å². The fraction of sp³-hybridized carbons (Fsp3) is 0. The summed E-state index contributed by atoms with van der Waals surface area (Å²) in [7, 11) is 0. The second-order valence-corrected chi connectivity index (χ2v) is 2.69. The zero-order valence-electron chi connectivity index (χ0n) is 7.18. The lowest BCUT2D eigenvalue weighted by atomic mass is 10.4. The number of aromatic nitrogens is 3. The molecule has 0 aromatic carbocycles. The molecule has 5 heteroatoms. The van der Waals surface area contributed by atoms with Crippen molar-refractivity contribution in [3.63, 3.8) is 0 Å². The zero-order valence-corrected chi connectivity index (χ0v) is 7.18. The lowest BCUT2D eigenvalue weighted by Crippen LogP contribution is -2.19. The molecular weight excluding hydrogens is 182 g/mol. The van der Waals surface area contributed by atoms with E-state index in [1.807, 2.05) is 0 Å². The number of rotatable bonds is 1. The molecule has 1 N–H and O–H groups in total. The van der Waals surface area contributed by atoms with Crippen LogP contribution in [0, 0.1) is 0 Å². The fourth-order valence-corrected chi connectivity index (χ4v) is 1.12. The van der Waals surface area contributed by atoms with E-state index in [-0.39, 0.29) is 11.0 Å². The van der Waals surface area contributed by atoms with Crippen LogP contribution in [0.5, 0.6) is 0 Å². The highest BCUT2D eigenvalue weighted by Crippen LogP contribution is 1.93. The van der Waals surface area contributed by atoms with Crippen LogP contribution in [0.4, 0.5) is 0 Å². The van der Waals surface area contributed by atoms with E-state index in [4.69, 9.17) is 0 Å². The van der Waals surface area contributed by atoms with Crippen LogP contribution in [0.15, 0.2) is 46.5 Å². The molecule has 0 unspecified atom stereocenters. The first kappa shape index (κ1) is 8.43. The zero-order chi connectivity index (χ0) is 9.97. The molecule has 2 rings (SSSR count). The number of pyridine rings is 1. The predicted molar refractivity (Wildman–Crippen MR) is 50.5 cm³/mol. The molecule has 0 bridgehead atoms. The standard InChI is InChI=1S/C9H7N3O2/c13-7-1-2-11-8(5-7)12-4-3-10-6-9(12)14/h1-6H,(H,11,13). The highest BCUT2D eigenvalue weighted by atomic mass is 16.1. The minimum Gasteiger partial charge on any atom is -0.347 e. The van der Waals surface area contributed by atoms with Crippen molar-refractivity contribution in [1.82, 2.24) is 14.5 Å². The molecule has 0 atom stereocenters. The summed E-state index contributed by atoms with van der Waals surface area (Å²) in [5, 5.41) is 0. The Morgan fingerprint density at radius 2 is 2.21 bits per heavy atom. The molecule has 0 saturated carbocycles. The van der Waals surface area contributed by atoms with Gasteiger partial charge < -0.3 is 4.98 Å². The quantitative estimate of drug-likeness (QED) is 0.682. The molecule has 5 nitrogen and oxygen atoms in total. The van der Waals surface area contributed by atoms with Crippen molar-refractivity contribution in [3.05, 3.63) is 57.5 Å². The minimum absolute atomic E-state index is 0.150. The SMILES string of the molecule is O=c1cc[nH]c(-n2ccncc2=O)c1. The molecule has 2 aromatic rings. The van der Waals surface area contributed by atoms with Crippen LogP contribution in [-0.4, -0.2) is 14.5 Å². The molecule has 0 aliphatic carbocycles. The van der Waals surface area contributed by atoms with Crippen LogP contribution in [0.2, 0.25) is 0 Å². The Morgan fingerprint density at radius 3 is 2.93 bits per heavy atom. The highest BCUT2D eigenvalue weighted by Gasteiger charge is 1.98. The Bertz CT molecular complexity index is 556. The number of nitrogens with zero attached hydrogens (tertiary/aromatic N) is 2. The summed E-state index contributed by atoms with van der Waals surface area (Å²) in [4.78, 5) is 28.8. The number of hydrogen-bond acceptors (Lipinski definition) is 3. The van der Waals surface area contributed by atoms with Crippen molar-refractivity contribution in [1.29, 1.82) is 0 Å². The third-order valence-corrected chi connectivity index (χ3v) is 1.74. The van der Waals surface area contributed by atoms with Gasteiger partial charge in [0.1, 0.15) is 5.82 Å². The number of hydrogen-bond donors (Lipinski definition) is 1. The summed E-state index contributed by atoms with van der Waals surface area (Å²) in [6, 6.07) is 2.73. The van der Waals surface area contributed by atoms with E-state index in [1.165, 1.54) is 41.5 Å². The largest absolute Gasteiger partial charge is 0.347 e. The molecule has 2 aromatic heterocycles. The monoisotopic (exact) mass is 189 g/mol. The van der Waals surface area contributed by atoms with Crippen molar-refractivity contribution in [3.8, 4) is 5.82 Å². The molecule has 0 spiro atoms. The molecule has 0 radical (unpaired) electrons. The van der Waals surface area contributed by atoms with Gasteiger partial charge in [-0.3, -0.25) is 19.1 Å². The molecule has 70 valence electrons. The van der Waals surface area contributed by atoms with Crippen molar-refractivity contribution in [2.75, 3.05) is 0 Å². The van der Waals surface area contributed by atoms with Crippen molar-refractivity contribution in [2.45, 2.75) is 0 Å². The van der Waals surface area contributed by atoms with Gasteiger partial charge >= 0.3 is 0 Å². The summed E-state index contributed by atoms with van der Waals surface area (Å²) in [5.41, 5.74) is -0.434. The molecule has 0 amide bonds. The fourth-order valence-electron chi connectivity index (χ4n) is 1.12. The summed E-state index contributed by atoms with van der Waals surface area (Å²) < 4.78 is 1.31. The van der Waals surface area contributed by atoms with E-state index < -0.39 is 0 Å². The Kier molecular flexibility index (Phi) is 1.98. The molecule has 0 saturated heterocycles.